The van der Waals surface area contributed by atoms with Gasteiger partial charge in [-0.25, -0.2) is 19.2 Å². The molecule has 0 radical (unpaired) electrons. The van der Waals surface area contributed by atoms with Crippen molar-refractivity contribution in [2.75, 3.05) is 6.79 Å². The number of esters is 4. The number of carbonyl (C=O) groups excluding carboxylic acids is 4. The molecule has 9 nitrogen and oxygen atoms in total. The predicted octanol–water partition coefficient (Wildman–Crippen LogP) is 7.13. The van der Waals surface area contributed by atoms with Crippen molar-refractivity contribution >= 4 is 30.0 Å². The Bertz CT molecular complexity index is 1770. The van der Waals surface area contributed by atoms with Crippen LogP contribution in [0.3, 0.4) is 0 Å². The van der Waals surface area contributed by atoms with Crippen LogP contribution < -0.4 is 18.9 Å². The number of rotatable bonds is 12. The minimum Gasteiger partial charge on any atom is -0.457 e. The van der Waals surface area contributed by atoms with Gasteiger partial charge in [0.25, 0.3) is 0 Å². The summed E-state index contributed by atoms with van der Waals surface area (Å²) in [5.41, 5.74) is 3.52. The largest absolute Gasteiger partial charge is 0.457 e. The molecular formula is C37H30O9. The second kappa shape index (κ2) is 15.5. The van der Waals surface area contributed by atoms with Gasteiger partial charge in [0.05, 0.1) is 5.56 Å². The molecule has 9 heteroatoms. The van der Waals surface area contributed by atoms with Crippen LogP contribution in [0.5, 0.6) is 23.0 Å². The predicted molar refractivity (Wildman–Crippen MR) is 171 cm³/mol. The Kier molecular flexibility index (Phi) is 11.0. The van der Waals surface area contributed by atoms with Gasteiger partial charge in [0.1, 0.15) is 23.0 Å². The Labute approximate surface area is 265 Å². The van der Waals surface area contributed by atoms with Gasteiger partial charge in [-0.2, -0.15) is 0 Å². The van der Waals surface area contributed by atoms with Crippen molar-refractivity contribution in [1.82, 2.24) is 0 Å². The molecule has 0 heterocycles. The lowest BCUT2D eigenvalue weighted by atomic mass is 10.0. The minimum absolute atomic E-state index is 0.204. The van der Waals surface area contributed by atoms with Gasteiger partial charge in [-0.3, -0.25) is 0 Å². The van der Waals surface area contributed by atoms with Gasteiger partial charge < -0.3 is 23.7 Å². The second-order valence-corrected chi connectivity index (χ2v) is 9.93. The van der Waals surface area contributed by atoms with Crippen LogP contribution in [0.1, 0.15) is 29.8 Å². The molecule has 0 fully saturated rings. The Balaban J connectivity index is 1.24. The monoisotopic (exact) mass is 618 g/mol. The summed E-state index contributed by atoms with van der Waals surface area (Å²) in [7, 11) is 0. The molecule has 4 aromatic rings. The first-order valence-corrected chi connectivity index (χ1v) is 13.9. The van der Waals surface area contributed by atoms with Crippen molar-refractivity contribution in [2.24, 2.45) is 0 Å². The molecular weight excluding hydrogens is 588 g/mol. The van der Waals surface area contributed by atoms with E-state index in [0.717, 1.165) is 16.7 Å². The zero-order valence-corrected chi connectivity index (χ0v) is 25.2. The number of hydrogen-bond donors (Lipinski definition) is 0. The molecule has 232 valence electrons. The van der Waals surface area contributed by atoms with Crippen LogP contribution in [0.15, 0.2) is 127 Å². The third-order valence-corrected chi connectivity index (χ3v) is 6.18. The van der Waals surface area contributed by atoms with Gasteiger partial charge in [-0.15, -0.1) is 0 Å². The fraction of sp³-hybridized carbons (Fsp3) is 0.0811. The summed E-state index contributed by atoms with van der Waals surface area (Å²) < 4.78 is 26.2. The van der Waals surface area contributed by atoms with Crippen molar-refractivity contribution in [2.45, 2.75) is 13.8 Å². The first kappa shape index (κ1) is 32.7. The first-order valence-electron chi connectivity index (χ1n) is 13.9. The summed E-state index contributed by atoms with van der Waals surface area (Å²) >= 11 is 0. The Hall–Kier alpha value is -6.22. The molecule has 0 unspecified atom stereocenters. The van der Waals surface area contributed by atoms with E-state index in [0.29, 0.717) is 11.3 Å². The molecule has 0 amide bonds. The highest BCUT2D eigenvalue weighted by molar-refractivity contribution is 5.92. The average Bonchev–Trinajstić information content (AvgIpc) is 3.05. The fourth-order valence-electron chi connectivity index (χ4n) is 3.71. The Morgan fingerprint density at radius 3 is 1.63 bits per heavy atom. The maximum atomic E-state index is 12.5. The molecule has 0 atom stereocenters. The highest BCUT2D eigenvalue weighted by Gasteiger charge is 2.11. The van der Waals surface area contributed by atoms with Crippen molar-refractivity contribution in [3.8, 4) is 34.1 Å². The van der Waals surface area contributed by atoms with Crippen molar-refractivity contribution in [1.29, 1.82) is 0 Å². The third kappa shape index (κ3) is 9.65. The smallest absolute Gasteiger partial charge is 0.343 e. The summed E-state index contributed by atoms with van der Waals surface area (Å²) in [6, 6.07) is 26.8. The average molecular weight is 619 g/mol. The van der Waals surface area contributed by atoms with Crippen LogP contribution in [0, 0.1) is 0 Å². The normalized spacial score (nSPS) is 10.5. The molecule has 0 aromatic heterocycles. The van der Waals surface area contributed by atoms with E-state index in [1.54, 1.807) is 25.1 Å². The van der Waals surface area contributed by atoms with Crippen molar-refractivity contribution in [3.63, 3.8) is 0 Å². The Morgan fingerprint density at radius 2 is 1.07 bits per heavy atom. The summed E-state index contributed by atoms with van der Waals surface area (Å²) in [5.74, 6) is -0.903. The van der Waals surface area contributed by atoms with E-state index in [1.807, 2.05) is 36.4 Å². The summed E-state index contributed by atoms with van der Waals surface area (Å²) in [6.45, 7) is 9.93. The van der Waals surface area contributed by atoms with Gasteiger partial charge in [-0.05, 0) is 97.3 Å². The molecule has 0 spiro atoms. The van der Waals surface area contributed by atoms with Gasteiger partial charge >= 0.3 is 23.9 Å². The van der Waals surface area contributed by atoms with Gasteiger partial charge in [0.15, 0.2) is 0 Å². The Morgan fingerprint density at radius 1 is 0.587 bits per heavy atom. The SMILES string of the molecule is C=C(C)C(=O)OCOc1ccc(-c2ccc(/C=C/C(=O)Oc3ccc(OC(=O)c4ccc(OC(=O)C(=C)C)cc4)cc3)cc2)cc1. The summed E-state index contributed by atoms with van der Waals surface area (Å²) in [6.07, 6.45) is 2.95. The van der Waals surface area contributed by atoms with Crippen LogP contribution in [-0.2, 0) is 19.1 Å². The molecule has 4 aromatic carbocycles. The number of carbonyl (C=O) groups is 4. The van der Waals surface area contributed by atoms with Crippen LogP contribution in [0.4, 0.5) is 0 Å². The molecule has 0 aliphatic rings. The fourth-order valence-corrected chi connectivity index (χ4v) is 3.71. The highest BCUT2D eigenvalue weighted by atomic mass is 16.7. The lowest BCUT2D eigenvalue weighted by molar-refractivity contribution is -0.145. The molecule has 0 saturated heterocycles. The standard InChI is InChI=1S/C37H30O9/c1-24(2)35(39)43-23-42-30-14-10-28(11-15-30)27-8-5-26(6-9-27)7-22-34(38)44-31-18-20-33(21-19-31)46-37(41)29-12-16-32(17-13-29)45-36(40)25(3)4/h5-22H,1,3,23H2,2,4H3/b22-7+. The topological polar surface area (TPSA) is 114 Å². The van der Waals surface area contributed by atoms with Crippen molar-refractivity contribution < 1.29 is 42.9 Å². The zero-order chi connectivity index (χ0) is 33.1. The van der Waals surface area contributed by atoms with Crippen LogP contribution >= 0.6 is 0 Å². The summed E-state index contributed by atoms with van der Waals surface area (Å²) in [4.78, 5) is 47.9. The van der Waals surface area contributed by atoms with Crippen molar-refractivity contribution in [3.05, 3.63) is 139 Å². The molecule has 0 saturated carbocycles. The minimum atomic E-state index is -0.610. The van der Waals surface area contributed by atoms with E-state index < -0.39 is 23.9 Å². The zero-order valence-electron chi connectivity index (χ0n) is 25.2. The lowest BCUT2D eigenvalue weighted by Crippen LogP contribution is -2.10. The van der Waals surface area contributed by atoms with E-state index in [1.165, 1.54) is 61.5 Å². The van der Waals surface area contributed by atoms with E-state index in [4.69, 9.17) is 23.7 Å². The number of hydrogen-bond acceptors (Lipinski definition) is 9. The molecule has 4 rings (SSSR count). The van der Waals surface area contributed by atoms with E-state index >= 15 is 0 Å². The van der Waals surface area contributed by atoms with Crippen LogP contribution in [0.2, 0.25) is 0 Å². The number of benzene rings is 4. The maximum Gasteiger partial charge on any atom is 0.343 e. The van der Waals surface area contributed by atoms with Crippen LogP contribution in [0.25, 0.3) is 17.2 Å². The third-order valence-electron chi connectivity index (χ3n) is 6.18. The molecule has 0 N–H and O–H groups in total. The number of ether oxygens (including phenoxy) is 5. The van der Waals surface area contributed by atoms with Gasteiger partial charge in [-0.1, -0.05) is 49.6 Å². The lowest BCUT2D eigenvalue weighted by Gasteiger charge is -2.08. The molecule has 0 aliphatic carbocycles. The van der Waals surface area contributed by atoms with Gasteiger partial charge in [0, 0.05) is 17.2 Å². The van der Waals surface area contributed by atoms with E-state index in [-0.39, 0.29) is 35.2 Å². The summed E-state index contributed by atoms with van der Waals surface area (Å²) in [5, 5.41) is 0. The second-order valence-electron chi connectivity index (χ2n) is 9.93. The maximum absolute atomic E-state index is 12.5. The van der Waals surface area contributed by atoms with E-state index in [9.17, 15) is 19.2 Å². The highest BCUT2D eigenvalue weighted by Crippen LogP contribution is 2.24. The van der Waals surface area contributed by atoms with Crippen LogP contribution in [-0.4, -0.2) is 30.7 Å². The molecule has 0 bridgehead atoms. The molecule has 0 aliphatic heterocycles. The molecule has 46 heavy (non-hydrogen) atoms. The van der Waals surface area contributed by atoms with Gasteiger partial charge in [0.2, 0.25) is 6.79 Å². The first-order chi connectivity index (χ1) is 22.1. The quantitative estimate of drug-likeness (QED) is 0.0708. The van der Waals surface area contributed by atoms with E-state index in [2.05, 4.69) is 13.2 Å².